The summed E-state index contributed by atoms with van der Waals surface area (Å²) in [5.41, 5.74) is 4.34. The number of nitrogens with zero attached hydrogens (tertiary/aromatic N) is 2. The smallest absolute Gasteiger partial charge is 0.345 e. The van der Waals surface area contributed by atoms with Gasteiger partial charge in [0, 0.05) is 16.1 Å². The van der Waals surface area contributed by atoms with Gasteiger partial charge in [-0.15, -0.1) is 0 Å². The summed E-state index contributed by atoms with van der Waals surface area (Å²) in [6.45, 7) is 0. The minimum Gasteiger partial charge on any atom is -0.497 e. The van der Waals surface area contributed by atoms with E-state index in [1.54, 1.807) is 25.6 Å². The molecule has 2 heterocycles. The van der Waals surface area contributed by atoms with Gasteiger partial charge in [0.25, 0.3) is 0 Å². The van der Waals surface area contributed by atoms with Crippen LogP contribution in [-0.2, 0) is 0 Å². The van der Waals surface area contributed by atoms with E-state index in [-0.39, 0.29) is 0 Å². The van der Waals surface area contributed by atoms with Crippen molar-refractivity contribution in [3.63, 3.8) is 0 Å². The molecule has 0 saturated heterocycles. The van der Waals surface area contributed by atoms with Crippen LogP contribution in [0.1, 0.15) is 5.56 Å². The zero-order valence-corrected chi connectivity index (χ0v) is 19.0. The number of methoxy groups -OCH3 is 1. The first-order valence-electron chi connectivity index (χ1n) is 8.36. The van der Waals surface area contributed by atoms with Crippen molar-refractivity contribution in [3.8, 4) is 16.2 Å². The Morgan fingerprint density at radius 2 is 2.00 bits per heavy atom. The van der Waals surface area contributed by atoms with Crippen molar-refractivity contribution in [3.05, 3.63) is 73.6 Å². The molecule has 0 amide bonds. The lowest BCUT2D eigenvalue weighted by Gasteiger charge is -2.03. The van der Waals surface area contributed by atoms with Crippen LogP contribution in [0.5, 0.6) is 5.75 Å². The van der Waals surface area contributed by atoms with Gasteiger partial charge in [0.05, 0.1) is 28.2 Å². The number of hydrogen-bond acceptors (Lipinski definition) is 7. The fourth-order valence-electron chi connectivity index (χ4n) is 2.63. The van der Waals surface area contributed by atoms with Gasteiger partial charge in [-0.1, -0.05) is 27.3 Å². The Bertz CT molecular complexity index is 1270. The van der Waals surface area contributed by atoms with Gasteiger partial charge in [0.15, 0.2) is 5.58 Å². The maximum atomic E-state index is 12.5. The van der Waals surface area contributed by atoms with Crippen molar-refractivity contribution in [2.45, 2.75) is 0 Å². The molecule has 29 heavy (non-hydrogen) atoms. The first-order chi connectivity index (χ1) is 14.0. The SMILES string of the molecule is COc1ccc(C=NNc2ncc(-c3cc4cc(Br)cc(Br)c4oc3=O)s2)cc1. The van der Waals surface area contributed by atoms with Crippen LogP contribution < -0.4 is 15.8 Å². The van der Waals surface area contributed by atoms with E-state index in [1.165, 1.54) is 11.3 Å². The Labute approximate surface area is 186 Å². The van der Waals surface area contributed by atoms with E-state index >= 15 is 0 Å². The summed E-state index contributed by atoms with van der Waals surface area (Å²) < 4.78 is 12.2. The average Bonchev–Trinajstić information content (AvgIpc) is 3.17. The van der Waals surface area contributed by atoms with E-state index in [2.05, 4.69) is 47.4 Å². The highest BCUT2D eigenvalue weighted by Gasteiger charge is 2.13. The maximum absolute atomic E-state index is 12.5. The molecular weight excluding hydrogens is 522 g/mol. The lowest BCUT2D eigenvalue weighted by atomic mass is 10.2. The number of fused-ring (bicyclic) bond motifs is 1. The number of rotatable bonds is 5. The molecule has 0 saturated carbocycles. The number of halogens is 2. The largest absolute Gasteiger partial charge is 0.497 e. The topological polar surface area (TPSA) is 76.7 Å². The first kappa shape index (κ1) is 19.8. The number of anilines is 1. The molecule has 0 radical (unpaired) electrons. The molecule has 0 bridgehead atoms. The molecule has 1 N–H and O–H groups in total. The third-order valence-electron chi connectivity index (χ3n) is 4.01. The molecule has 146 valence electrons. The second kappa shape index (κ2) is 8.48. The molecule has 6 nitrogen and oxygen atoms in total. The highest BCUT2D eigenvalue weighted by molar-refractivity contribution is 9.11. The number of ether oxygens (including phenoxy) is 1. The highest BCUT2D eigenvalue weighted by atomic mass is 79.9. The molecule has 0 aliphatic carbocycles. The lowest BCUT2D eigenvalue weighted by molar-refractivity contribution is 0.415. The van der Waals surface area contributed by atoms with Gasteiger partial charge < -0.3 is 9.15 Å². The van der Waals surface area contributed by atoms with Crippen molar-refractivity contribution in [1.29, 1.82) is 0 Å². The molecule has 0 aliphatic heterocycles. The van der Waals surface area contributed by atoms with Crippen LogP contribution in [0, 0.1) is 0 Å². The summed E-state index contributed by atoms with van der Waals surface area (Å²) in [4.78, 5) is 17.4. The molecule has 0 aliphatic rings. The zero-order valence-electron chi connectivity index (χ0n) is 15.0. The van der Waals surface area contributed by atoms with Gasteiger partial charge in [-0.3, -0.25) is 5.43 Å². The molecule has 4 aromatic rings. The van der Waals surface area contributed by atoms with Crippen LogP contribution in [0.15, 0.2) is 71.9 Å². The molecular formula is C20H13Br2N3O3S. The van der Waals surface area contributed by atoms with Gasteiger partial charge in [0.2, 0.25) is 5.13 Å². The summed E-state index contributed by atoms with van der Waals surface area (Å²) in [6.07, 6.45) is 3.31. The van der Waals surface area contributed by atoms with E-state index in [4.69, 9.17) is 9.15 Å². The van der Waals surface area contributed by atoms with Gasteiger partial charge >= 0.3 is 5.63 Å². The number of nitrogens with one attached hydrogen (secondary N) is 1. The van der Waals surface area contributed by atoms with Crippen molar-refractivity contribution in [1.82, 2.24) is 4.98 Å². The summed E-state index contributed by atoms with van der Waals surface area (Å²) >= 11 is 8.19. The predicted molar refractivity (Wildman–Crippen MR) is 123 cm³/mol. The number of hydrazone groups is 1. The fraction of sp³-hybridized carbons (Fsp3) is 0.0500. The Balaban J connectivity index is 1.56. The predicted octanol–water partition coefficient (Wildman–Crippen LogP) is 5.90. The second-order valence-electron chi connectivity index (χ2n) is 5.93. The molecule has 0 atom stereocenters. The lowest BCUT2D eigenvalue weighted by Crippen LogP contribution is -2.01. The summed E-state index contributed by atoms with van der Waals surface area (Å²) in [6, 6.07) is 13.0. The van der Waals surface area contributed by atoms with E-state index in [0.29, 0.717) is 25.6 Å². The van der Waals surface area contributed by atoms with Gasteiger partial charge in [-0.25, -0.2) is 9.78 Å². The highest BCUT2D eigenvalue weighted by Crippen LogP contribution is 2.32. The number of aromatic nitrogens is 1. The van der Waals surface area contributed by atoms with Crippen LogP contribution in [-0.4, -0.2) is 18.3 Å². The van der Waals surface area contributed by atoms with Crippen molar-refractivity contribution >= 4 is 65.5 Å². The Hall–Kier alpha value is -2.49. The standard InChI is InChI=1S/C20H13Br2N3O3S/c1-27-14-4-2-11(3-5-14)9-24-25-20-23-10-17(29-20)15-7-12-6-13(21)8-16(22)18(12)28-19(15)26/h2-10H,1H3,(H,23,25). The van der Waals surface area contributed by atoms with Gasteiger partial charge in [-0.2, -0.15) is 5.10 Å². The average molecular weight is 535 g/mol. The molecule has 0 fully saturated rings. The Morgan fingerprint density at radius 1 is 1.21 bits per heavy atom. The summed E-state index contributed by atoms with van der Waals surface area (Å²) in [7, 11) is 1.62. The van der Waals surface area contributed by atoms with Gasteiger partial charge in [0.1, 0.15) is 5.75 Å². The van der Waals surface area contributed by atoms with E-state index < -0.39 is 5.63 Å². The zero-order chi connectivity index (χ0) is 20.4. The van der Waals surface area contributed by atoms with Crippen molar-refractivity contribution in [2.24, 2.45) is 5.10 Å². The Kier molecular flexibility index (Phi) is 5.79. The molecule has 2 aromatic heterocycles. The van der Waals surface area contributed by atoms with Crippen LogP contribution in [0.25, 0.3) is 21.4 Å². The quantitative estimate of drug-likeness (QED) is 0.196. The summed E-state index contributed by atoms with van der Waals surface area (Å²) in [5.74, 6) is 0.785. The van der Waals surface area contributed by atoms with Crippen LogP contribution in [0.4, 0.5) is 5.13 Å². The fourth-order valence-corrected chi connectivity index (χ4v) is 4.74. The Morgan fingerprint density at radius 3 is 2.76 bits per heavy atom. The van der Waals surface area contributed by atoms with Crippen molar-refractivity contribution < 1.29 is 9.15 Å². The number of benzene rings is 2. The monoisotopic (exact) mass is 533 g/mol. The van der Waals surface area contributed by atoms with E-state index in [9.17, 15) is 4.79 Å². The van der Waals surface area contributed by atoms with E-state index in [1.807, 2.05) is 36.4 Å². The van der Waals surface area contributed by atoms with Gasteiger partial charge in [-0.05, 0) is 64.0 Å². The first-order valence-corrected chi connectivity index (χ1v) is 10.8. The second-order valence-corrected chi connectivity index (χ2v) is 8.73. The third-order valence-corrected chi connectivity index (χ3v) is 5.99. The molecule has 0 spiro atoms. The summed E-state index contributed by atoms with van der Waals surface area (Å²) in [5, 5.41) is 5.56. The molecule has 0 unspecified atom stereocenters. The maximum Gasteiger partial charge on any atom is 0.345 e. The van der Waals surface area contributed by atoms with Crippen molar-refractivity contribution in [2.75, 3.05) is 12.5 Å². The minimum atomic E-state index is -0.419. The van der Waals surface area contributed by atoms with E-state index in [0.717, 1.165) is 21.2 Å². The third kappa shape index (κ3) is 4.42. The number of thiazole rings is 1. The molecule has 4 rings (SSSR count). The number of hydrogen-bond donors (Lipinski definition) is 1. The molecule has 9 heteroatoms. The van der Waals surface area contributed by atoms with Crippen LogP contribution in [0.2, 0.25) is 0 Å². The normalized spacial score (nSPS) is 11.3. The molecule has 2 aromatic carbocycles. The van der Waals surface area contributed by atoms with Crippen LogP contribution in [0.3, 0.4) is 0 Å². The van der Waals surface area contributed by atoms with Crippen LogP contribution >= 0.6 is 43.2 Å². The minimum absolute atomic E-state index is 0.419.